The van der Waals surface area contributed by atoms with E-state index >= 15 is 0 Å². The van der Waals surface area contributed by atoms with Crippen molar-refractivity contribution in [2.24, 2.45) is 5.92 Å². The van der Waals surface area contributed by atoms with Gasteiger partial charge in [0.2, 0.25) is 0 Å². The molecule has 3 aromatic rings. The van der Waals surface area contributed by atoms with Crippen molar-refractivity contribution < 1.29 is 22.6 Å². The third-order valence-corrected chi connectivity index (χ3v) is 5.83. The standard InChI is InChI=1S/C26H24BF3O2/c1-2-3-16-14-31-26(32-15-16)22-11-8-19(12-23(22)28)17-4-6-18(7-5-17)21-10-9-20(13-27)24(29)25(21)30/h4-12,16,26H,2-3,13-15H2,1H3. The molecule has 32 heavy (non-hydrogen) atoms. The van der Waals surface area contributed by atoms with Crippen LogP contribution in [0.3, 0.4) is 0 Å². The Morgan fingerprint density at radius 2 is 1.50 bits per heavy atom. The van der Waals surface area contributed by atoms with Gasteiger partial charge in [-0.15, -0.1) is 0 Å². The average molecular weight is 436 g/mol. The van der Waals surface area contributed by atoms with E-state index in [9.17, 15) is 13.2 Å². The summed E-state index contributed by atoms with van der Waals surface area (Å²) in [7, 11) is 5.43. The van der Waals surface area contributed by atoms with E-state index in [1.54, 1.807) is 36.4 Å². The van der Waals surface area contributed by atoms with Gasteiger partial charge in [-0.05, 0) is 34.7 Å². The molecule has 1 heterocycles. The van der Waals surface area contributed by atoms with Crippen molar-refractivity contribution in [2.45, 2.75) is 32.4 Å². The molecule has 4 rings (SSSR count). The molecule has 0 unspecified atom stereocenters. The van der Waals surface area contributed by atoms with Crippen LogP contribution in [0.15, 0.2) is 54.6 Å². The first kappa shape index (κ1) is 22.6. The number of halogens is 3. The van der Waals surface area contributed by atoms with Crippen LogP contribution in [0.5, 0.6) is 0 Å². The SMILES string of the molecule is [B]Cc1ccc(-c2ccc(-c3ccc(C4OCC(CCC)CO4)c(F)c3)cc2)c(F)c1F. The maximum Gasteiger partial charge on any atom is 0.186 e. The Labute approximate surface area is 187 Å². The molecule has 3 aromatic carbocycles. The lowest BCUT2D eigenvalue weighted by atomic mass is 9.93. The van der Waals surface area contributed by atoms with Gasteiger partial charge in [-0.2, -0.15) is 0 Å². The molecule has 0 amide bonds. The molecule has 0 atom stereocenters. The Hall–Kier alpha value is -2.57. The number of ether oxygens (including phenoxy) is 2. The first-order valence-corrected chi connectivity index (χ1v) is 10.8. The molecule has 0 saturated carbocycles. The van der Waals surface area contributed by atoms with Gasteiger partial charge in [0.1, 0.15) is 5.82 Å². The summed E-state index contributed by atoms with van der Waals surface area (Å²) in [6, 6.07) is 14.8. The van der Waals surface area contributed by atoms with Crippen LogP contribution < -0.4 is 0 Å². The summed E-state index contributed by atoms with van der Waals surface area (Å²) in [6.07, 6.45) is 1.32. The molecule has 0 spiro atoms. The highest BCUT2D eigenvalue weighted by atomic mass is 19.2. The van der Waals surface area contributed by atoms with E-state index in [1.807, 2.05) is 0 Å². The molecule has 0 bridgehead atoms. The molecule has 2 nitrogen and oxygen atoms in total. The molecular weight excluding hydrogens is 412 g/mol. The van der Waals surface area contributed by atoms with Gasteiger partial charge in [-0.3, -0.25) is 0 Å². The lowest BCUT2D eigenvalue weighted by molar-refractivity contribution is -0.207. The second kappa shape index (κ2) is 9.93. The average Bonchev–Trinajstić information content (AvgIpc) is 2.82. The summed E-state index contributed by atoms with van der Waals surface area (Å²) < 4.78 is 54.7. The highest BCUT2D eigenvalue weighted by molar-refractivity contribution is 6.08. The van der Waals surface area contributed by atoms with Crippen molar-refractivity contribution >= 4 is 7.85 Å². The van der Waals surface area contributed by atoms with Gasteiger partial charge in [-0.1, -0.05) is 68.2 Å². The zero-order chi connectivity index (χ0) is 22.7. The predicted octanol–water partition coefficient (Wildman–Crippen LogP) is 6.57. The first-order valence-electron chi connectivity index (χ1n) is 10.8. The van der Waals surface area contributed by atoms with Crippen molar-refractivity contribution in [3.63, 3.8) is 0 Å². The smallest absolute Gasteiger partial charge is 0.186 e. The number of hydrogen-bond acceptors (Lipinski definition) is 2. The Bertz CT molecular complexity index is 1080. The minimum absolute atomic E-state index is 0.0697. The minimum Gasteiger partial charge on any atom is -0.348 e. The lowest BCUT2D eigenvalue weighted by Crippen LogP contribution is -2.27. The van der Waals surface area contributed by atoms with Crippen LogP contribution in [0.1, 0.15) is 37.2 Å². The summed E-state index contributed by atoms with van der Waals surface area (Å²) in [5.74, 6) is -1.91. The summed E-state index contributed by atoms with van der Waals surface area (Å²) in [5, 5.41) is 0. The van der Waals surface area contributed by atoms with E-state index in [-0.39, 0.29) is 17.4 Å². The maximum absolute atomic E-state index is 14.8. The molecule has 1 fully saturated rings. The second-order valence-corrected chi connectivity index (χ2v) is 8.07. The van der Waals surface area contributed by atoms with E-state index < -0.39 is 23.7 Å². The summed E-state index contributed by atoms with van der Waals surface area (Å²) >= 11 is 0. The topological polar surface area (TPSA) is 18.5 Å². The van der Waals surface area contributed by atoms with Gasteiger partial charge in [0, 0.05) is 17.0 Å². The molecule has 2 radical (unpaired) electrons. The van der Waals surface area contributed by atoms with Gasteiger partial charge >= 0.3 is 0 Å². The van der Waals surface area contributed by atoms with Crippen LogP contribution in [0.25, 0.3) is 22.3 Å². The van der Waals surface area contributed by atoms with Crippen molar-refractivity contribution in [1.29, 1.82) is 0 Å². The Kier molecular flexibility index (Phi) is 7.02. The summed E-state index contributed by atoms with van der Waals surface area (Å²) in [5.41, 5.74) is 2.61. The Morgan fingerprint density at radius 1 is 0.844 bits per heavy atom. The molecule has 1 aliphatic heterocycles. The molecule has 1 saturated heterocycles. The summed E-state index contributed by atoms with van der Waals surface area (Å²) in [4.78, 5) is 0. The molecule has 0 aromatic heterocycles. The number of benzene rings is 3. The van der Waals surface area contributed by atoms with E-state index in [0.29, 0.717) is 35.8 Å². The van der Waals surface area contributed by atoms with Crippen LogP contribution in [0, 0.1) is 23.4 Å². The minimum atomic E-state index is -0.931. The van der Waals surface area contributed by atoms with Gasteiger partial charge in [0.05, 0.1) is 21.1 Å². The molecular formula is C26H24BF3O2. The first-order chi connectivity index (χ1) is 15.5. The van der Waals surface area contributed by atoms with Crippen LogP contribution in [-0.4, -0.2) is 21.1 Å². The Balaban J connectivity index is 1.52. The third kappa shape index (κ3) is 4.62. The zero-order valence-corrected chi connectivity index (χ0v) is 17.9. The molecule has 1 aliphatic rings. The van der Waals surface area contributed by atoms with Gasteiger partial charge < -0.3 is 9.47 Å². The fourth-order valence-electron chi connectivity index (χ4n) is 4.01. The van der Waals surface area contributed by atoms with E-state index in [2.05, 4.69) is 6.92 Å². The van der Waals surface area contributed by atoms with Crippen LogP contribution in [0.2, 0.25) is 0 Å². The second-order valence-electron chi connectivity index (χ2n) is 8.07. The summed E-state index contributed by atoms with van der Waals surface area (Å²) in [6.45, 7) is 3.23. The number of rotatable bonds is 6. The van der Waals surface area contributed by atoms with E-state index in [4.69, 9.17) is 17.3 Å². The highest BCUT2D eigenvalue weighted by Crippen LogP contribution is 2.32. The Morgan fingerprint density at radius 3 is 2.12 bits per heavy atom. The van der Waals surface area contributed by atoms with Crippen LogP contribution in [0.4, 0.5) is 13.2 Å². The van der Waals surface area contributed by atoms with Crippen molar-refractivity contribution in [3.05, 3.63) is 83.2 Å². The van der Waals surface area contributed by atoms with Gasteiger partial charge in [0.15, 0.2) is 17.9 Å². The zero-order valence-electron chi connectivity index (χ0n) is 17.9. The quantitative estimate of drug-likeness (QED) is 0.407. The fraction of sp³-hybridized carbons (Fsp3) is 0.308. The molecule has 0 aliphatic carbocycles. The third-order valence-electron chi connectivity index (χ3n) is 5.83. The fourth-order valence-corrected chi connectivity index (χ4v) is 4.01. The van der Waals surface area contributed by atoms with Crippen molar-refractivity contribution in [3.8, 4) is 22.3 Å². The molecule has 0 N–H and O–H groups in total. The van der Waals surface area contributed by atoms with Crippen molar-refractivity contribution in [2.75, 3.05) is 13.2 Å². The van der Waals surface area contributed by atoms with Crippen molar-refractivity contribution in [1.82, 2.24) is 0 Å². The maximum atomic E-state index is 14.8. The monoisotopic (exact) mass is 436 g/mol. The normalized spacial score (nSPS) is 18.6. The highest BCUT2D eigenvalue weighted by Gasteiger charge is 2.25. The van der Waals surface area contributed by atoms with Crippen LogP contribution >= 0.6 is 0 Å². The van der Waals surface area contributed by atoms with Gasteiger partial charge in [-0.25, -0.2) is 13.2 Å². The van der Waals surface area contributed by atoms with E-state index in [0.717, 1.165) is 18.4 Å². The van der Waals surface area contributed by atoms with E-state index in [1.165, 1.54) is 18.2 Å². The lowest BCUT2D eigenvalue weighted by Gasteiger charge is -2.29. The van der Waals surface area contributed by atoms with Gasteiger partial charge in [0.25, 0.3) is 0 Å². The number of hydrogen-bond donors (Lipinski definition) is 0. The molecule has 164 valence electrons. The van der Waals surface area contributed by atoms with Crippen LogP contribution in [-0.2, 0) is 15.8 Å². The molecule has 6 heteroatoms. The predicted molar refractivity (Wildman–Crippen MR) is 120 cm³/mol. The largest absolute Gasteiger partial charge is 0.348 e.